The van der Waals surface area contributed by atoms with Gasteiger partial charge in [0.15, 0.2) is 0 Å². The molecular weight excluding hydrogens is 311 g/mol. The minimum atomic E-state index is -1.20. The summed E-state index contributed by atoms with van der Waals surface area (Å²) >= 11 is 3.34. The van der Waals surface area contributed by atoms with Gasteiger partial charge in [-0.25, -0.2) is 13.2 Å². The molecule has 1 amide bonds. The van der Waals surface area contributed by atoms with Crippen molar-refractivity contribution in [1.29, 1.82) is 0 Å². The molecule has 0 aliphatic heterocycles. The topological polar surface area (TPSA) is 29.1 Å². The van der Waals surface area contributed by atoms with E-state index in [4.69, 9.17) is 0 Å². The highest BCUT2D eigenvalue weighted by molar-refractivity contribution is 9.09. The number of hydrogen-bond donors (Lipinski definition) is 1. The molecule has 100 valence electrons. The number of nitrogens with one attached hydrogen (secondary N) is 1. The third-order valence-corrected chi connectivity index (χ3v) is 2.76. The Morgan fingerprint density at radius 3 is 2.39 bits per heavy atom. The quantitative estimate of drug-likeness (QED) is 0.653. The van der Waals surface area contributed by atoms with E-state index in [-0.39, 0.29) is 0 Å². The average molecular weight is 324 g/mol. The van der Waals surface area contributed by atoms with Gasteiger partial charge in [0.2, 0.25) is 0 Å². The fourth-order valence-corrected chi connectivity index (χ4v) is 1.76. The molecule has 6 heteroatoms. The van der Waals surface area contributed by atoms with Crippen LogP contribution in [0, 0.1) is 17.5 Å². The van der Waals surface area contributed by atoms with E-state index in [1.165, 1.54) is 0 Å². The van der Waals surface area contributed by atoms with E-state index in [0.717, 1.165) is 6.42 Å². The molecule has 1 aromatic carbocycles. The second-order valence-corrected chi connectivity index (χ2v) is 5.49. The molecule has 2 nitrogen and oxygen atoms in total. The van der Waals surface area contributed by atoms with E-state index in [9.17, 15) is 18.0 Å². The maximum Gasteiger partial charge on any atom is 0.257 e. The maximum absolute atomic E-state index is 13.3. The molecule has 0 fully saturated rings. The lowest BCUT2D eigenvalue weighted by Gasteiger charge is -2.08. The predicted molar refractivity (Wildman–Crippen MR) is 66.3 cm³/mol. The Kier molecular flexibility index (Phi) is 5.65. The van der Waals surface area contributed by atoms with Crippen LogP contribution in [0.4, 0.5) is 13.2 Å². The molecule has 0 heterocycles. The number of hydrogen-bond acceptors (Lipinski definition) is 1. The van der Waals surface area contributed by atoms with Gasteiger partial charge in [0, 0.05) is 23.5 Å². The van der Waals surface area contributed by atoms with E-state index in [1.54, 1.807) is 0 Å². The zero-order valence-electron chi connectivity index (χ0n) is 9.77. The number of benzene rings is 1. The minimum absolute atomic E-state index is 0.311. The molecule has 1 N–H and O–H groups in total. The van der Waals surface area contributed by atoms with Gasteiger partial charge in [-0.05, 0) is 12.8 Å². The minimum Gasteiger partial charge on any atom is -0.352 e. The summed E-state index contributed by atoms with van der Waals surface area (Å²) in [4.78, 5) is 11.8. The van der Waals surface area contributed by atoms with E-state index in [1.807, 2.05) is 6.92 Å². The van der Waals surface area contributed by atoms with E-state index < -0.39 is 28.9 Å². The van der Waals surface area contributed by atoms with Gasteiger partial charge < -0.3 is 5.32 Å². The normalized spacial score (nSPS) is 12.3. The van der Waals surface area contributed by atoms with Crippen LogP contribution in [-0.4, -0.2) is 17.3 Å². The highest BCUT2D eigenvalue weighted by Gasteiger charge is 2.18. The number of carbonyl (C=O) groups is 1. The van der Waals surface area contributed by atoms with Crippen molar-refractivity contribution < 1.29 is 18.0 Å². The summed E-state index contributed by atoms with van der Waals surface area (Å²) in [7, 11) is 0. The summed E-state index contributed by atoms with van der Waals surface area (Å²) in [6.07, 6.45) is 1.51. The number of halogens is 4. The van der Waals surface area contributed by atoms with Crippen molar-refractivity contribution in [3.8, 4) is 0 Å². The van der Waals surface area contributed by atoms with Gasteiger partial charge in [0.1, 0.15) is 23.0 Å². The molecule has 0 bridgehead atoms. The fourth-order valence-electron chi connectivity index (χ4n) is 1.43. The fraction of sp³-hybridized carbons (Fsp3) is 0.417. The molecule has 0 radical (unpaired) electrons. The smallest absolute Gasteiger partial charge is 0.257 e. The van der Waals surface area contributed by atoms with E-state index in [0.29, 0.717) is 29.9 Å². The van der Waals surface area contributed by atoms with Gasteiger partial charge in [-0.1, -0.05) is 22.9 Å². The number of amides is 1. The maximum atomic E-state index is 13.3. The Hall–Kier alpha value is -1.04. The first-order valence-electron chi connectivity index (χ1n) is 5.48. The first-order valence-corrected chi connectivity index (χ1v) is 6.40. The lowest BCUT2D eigenvalue weighted by Crippen LogP contribution is -2.27. The molecule has 1 unspecified atom stereocenters. The Bertz CT molecular complexity index is 414. The zero-order valence-corrected chi connectivity index (χ0v) is 11.4. The highest BCUT2D eigenvalue weighted by atomic mass is 79.9. The largest absolute Gasteiger partial charge is 0.352 e. The molecule has 18 heavy (non-hydrogen) atoms. The molecule has 0 aromatic heterocycles. The van der Waals surface area contributed by atoms with Crippen LogP contribution in [0.2, 0.25) is 0 Å². The van der Waals surface area contributed by atoms with Gasteiger partial charge in [0.25, 0.3) is 5.91 Å². The Morgan fingerprint density at radius 1 is 1.33 bits per heavy atom. The molecule has 1 aromatic rings. The summed E-state index contributed by atoms with van der Waals surface area (Å²) < 4.78 is 39.2. The Labute approximate surface area is 112 Å². The monoisotopic (exact) mass is 323 g/mol. The van der Waals surface area contributed by atoms with Crippen molar-refractivity contribution in [3.63, 3.8) is 0 Å². The van der Waals surface area contributed by atoms with Crippen LogP contribution < -0.4 is 5.32 Å². The van der Waals surface area contributed by atoms with Crippen molar-refractivity contribution in [2.45, 2.75) is 24.6 Å². The van der Waals surface area contributed by atoms with Crippen LogP contribution >= 0.6 is 15.9 Å². The summed E-state index contributed by atoms with van der Waals surface area (Å²) in [6.45, 7) is 2.27. The highest BCUT2D eigenvalue weighted by Crippen LogP contribution is 2.14. The summed E-state index contributed by atoms with van der Waals surface area (Å²) in [5.41, 5.74) is -0.747. The first-order chi connectivity index (χ1) is 8.41. The lowest BCUT2D eigenvalue weighted by molar-refractivity contribution is 0.0944. The lowest BCUT2D eigenvalue weighted by atomic mass is 10.1. The van der Waals surface area contributed by atoms with Gasteiger partial charge in [-0.2, -0.15) is 0 Å². The van der Waals surface area contributed by atoms with Crippen LogP contribution in [0.5, 0.6) is 0 Å². The molecule has 1 atom stereocenters. The summed E-state index contributed by atoms with van der Waals surface area (Å²) in [6, 6.07) is 0.969. The van der Waals surface area contributed by atoms with Crippen LogP contribution in [0.3, 0.4) is 0 Å². The molecule has 0 aliphatic carbocycles. The van der Waals surface area contributed by atoms with Crippen LogP contribution in [0.25, 0.3) is 0 Å². The van der Waals surface area contributed by atoms with E-state index >= 15 is 0 Å². The van der Waals surface area contributed by atoms with Crippen molar-refractivity contribution in [3.05, 3.63) is 35.1 Å². The van der Waals surface area contributed by atoms with E-state index in [2.05, 4.69) is 21.2 Å². The predicted octanol–water partition coefficient (Wildman–Crippen LogP) is 3.40. The summed E-state index contributed by atoms with van der Waals surface area (Å²) in [5, 5.41) is 2.39. The van der Waals surface area contributed by atoms with Crippen LogP contribution in [0.1, 0.15) is 30.1 Å². The summed E-state index contributed by atoms with van der Waals surface area (Å²) in [5.74, 6) is -4.31. The third-order valence-electron chi connectivity index (χ3n) is 2.30. The molecule has 0 saturated carbocycles. The average Bonchev–Trinajstić information content (AvgIpc) is 2.22. The van der Waals surface area contributed by atoms with Gasteiger partial charge in [-0.3, -0.25) is 4.79 Å². The molecule has 1 rings (SSSR count). The number of carbonyl (C=O) groups excluding carboxylic acids is 1. The van der Waals surface area contributed by atoms with Crippen molar-refractivity contribution in [2.24, 2.45) is 0 Å². The Morgan fingerprint density at radius 2 is 1.89 bits per heavy atom. The Balaban J connectivity index is 2.62. The van der Waals surface area contributed by atoms with Crippen molar-refractivity contribution in [1.82, 2.24) is 5.32 Å². The van der Waals surface area contributed by atoms with Gasteiger partial charge in [-0.15, -0.1) is 0 Å². The number of alkyl halides is 1. The molecule has 0 spiro atoms. The molecular formula is C12H13BrF3NO. The first kappa shape index (κ1) is 15.0. The van der Waals surface area contributed by atoms with Crippen molar-refractivity contribution in [2.75, 3.05) is 6.54 Å². The SMILES string of the molecule is CC(Br)CCCNC(=O)c1c(F)cc(F)cc1F. The second kappa shape index (κ2) is 6.78. The third kappa shape index (κ3) is 4.33. The standard InChI is InChI=1S/C12H13BrF3NO/c1-7(13)3-2-4-17-12(18)11-9(15)5-8(14)6-10(11)16/h5-7H,2-4H2,1H3,(H,17,18). The zero-order chi connectivity index (χ0) is 13.7. The molecule has 0 saturated heterocycles. The van der Waals surface area contributed by atoms with Gasteiger partial charge >= 0.3 is 0 Å². The second-order valence-electron chi connectivity index (χ2n) is 3.92. The number of rotatable bonds is 5. The molecule has 0 aliphatic rings. The van der Waals surface area contributed by atoms with Gasteiger partial charge in [0.05, 0.1) is 0 Å². The van der Waals surface area contributed by atoms with Crippen molar-refractivity contribution >= 4 is 21.8 Å². The van der Waals surface area contributed by atoms with Crippen LogP contribution in [-0.2, 0) is 0 Å². The van der Waals surface area contributed by atoms with Crippen LogP contribution in [0.15, 0.2) is 12.1 Å².